The molecular weight excluding hydrogens is 381 g/mol. The molecule has 0 aliphatic heterocycles. The predicted molar refractivity (Wildman–Crippen MR) is 106 cm³/mol. The van der Waals surface area contributed by atoms with Crippen molar-refractivity contribution in [1.29, 1.82) is 0 Å². The van der Waals surface area contributed by atoms with Gasteiger partial charge in [-0.2, -0.15) is 0 Å². The van der Waals surface area contributed by atoms with Gasteiger partial charge >= 0.3 is 0 Å². The summed E-state index contributed by atoms with van der Waals surface area (Å²) >= 11 is 0. The molecule has 0 aromatic heterocycles. The number of nitrogens with one attached hydrogen (secondary N) is 1. The van der Waals surface area contributed by atoms with Crippen LogP contribution in [0.5, 0.6) is 0 Å². The molecule has 6 nitrogen and oxygen atoms in total. The van der Waals surface area contributed by atoms with Crippen molar-refractivity contribution in [3.63, 3.8) is 0 Å². The molecule has 0 radical (unpaired) electrons. The fourth-order valence-corrected chi connectivity index (χ4v) is 3.90. The fraction of sp³-hybridized carbons (Fsp3) is 0.350. The zero-order valence-corrected chi connectivity index (χ0v) is 16.7. The van der Waals surface area contributed by atoms with Gasteiger partial charge in [0.1, 0.15) is 5.82 Å². The molecule has 150 valence electrons. The van der Waals surface area contributed by atoms with Crippen LogP contribution in [0, 0.1) is 5.82 Å². The first-order valence-corrected chi connectivity index (χ1v) is 10.5. The van der Waals surface area contributed by atoms with E-state index < -0.39 is 10.0 Å². The second-order valence-corrected chi connectivity index (χ2v) is 9.28. The van der Waals surface area contributed by atoms with E-state index in [4.69, 9.17) is 0 Å². The number of nitrogens with zero attached hydrogens (tertiary/aromatic N) is 2. The summed E-state index contributed by atoms with van der Waals surface area (Å²) < 4.78 is 39.1. The number of benzene rings is 2. The topological polar surface area (TPSA) is 69.7 Å². The molecule has 28 heavy (non-hydrogen) atoms. The van der Waals surface area contributed by atoms with Gasteiger partial charge in [-0.05, 0) is 48.7 Å². The number of amides is 1. The highest BCUT2D eigenvalue weighted by atomic mass is 32.2. The molecule has 0 unspecified atom stereocenters. The van der Waals surface area contributed by atoms with Crippen molar-refractivity contribution in [1.82, 2.24) is 9.21 Å². The summed E-state index contributed by atoms with van der Waals surface area (Å²) in [6.45, 7) is 0.650. The van der Waals surface area contributed by atoms with Gasteiger partial charge in [0.2, 0.25) is 15.9 Å². The molecule has 1 saturated carbocycles. The Labute approximate surface area is 165 Å². The summed E-state index contributed by atoms with van der Waals surface area (Å²) in [7, 11) is -0.653. The summed E-state index contributed by atoms with van der Waals surface area (Å²) in [5, 5.41) is 2.77. The van der Waals surface area contributed by atoms with Crippen molar-refractivity contribution >= 4 is 21.6 Å². The molecule has 1 aliphatic rings. The molecule has 0 spiro atoms. The average Bonchev–Trinajstić information content (AvgIpc) is 3.46. The van der Waals surface area contributed by atoms with Crippen LogP contribution in [0.3, 0.4) is 0 Å². The number of sulfonamides is 1. The number of rotatable bonds is 8. The van der Waals surface area contributed by atoms with Crippen molar-refractivity contribution in [2.24, 2.45) is 0 Å². The van der Waals surface area contributed by atoms with E-state index in [9.17, 15) is 17.6 Å². The van der Waals surface area contributed by atoms with Gasteiger partial charge in [0.05, 0.1) is 11.4 Å². The standard InChI is InChI=1S/C20H24FN3O3S/c1-23(2)28(26,27)19-8-4-7-17(12-19)22-20(25)14-24(18-9-10-18)13-15-5-3-6-16(21)11-15/h3-8,11-12,18H,9-10,13-14H2,1-2H3,(H,22,25). The van der Waals surface area contributed by atoms with E-state index in [1.54, 1.807) is 18.2 Å². The highest BCUT2D eigenvalue weighted by molar-refractivity contribution is 7.89. The van der Waals surface area contributed by atoms with Gasteiger partial charge in [0.25, 0.3) is 0 Å². The van der Waals surface area contributed by atoms with E-state index in [0.29, 0.717) is 18.3 Å². The van der Waals surface area contributed by atoms with Crippen molar-refractivity contribution in [2.45, 2.75) is 30.3 Å². The number of carbonyl (C=O) groups is 1. The fourth-order valence-electron chi connectivity index (χ4n) is 2.95. The van der Waals surface area contributed by atoms with Gasteiger partial charge in [0.15, 0.2) is 0 Å². The van der Waals surface area contributed by atoms with E-state index in [2.05, 4.69) is 5.32 Å². The molecule has 1 aliphatic carbocycles. The minimum absolute atomic E-state index is 0.120. The minimum Gasteiger partial charge on any atom is -0.325 e. The van der Waals surface area contributed by atoms with Crippen molar-refractivity contribution < 1.29 is 17.6 Å². The number of hydrogen-bond donors (Lipinski definition) is 1. The maximum atomic E-state index is 13.4. The molecule has 1 N–H and O–H groups in total. The van der Waals surface area contributed by atoms with Crippen LogP contribution in [0.2, 0.25) is 0 Å². The molecule has 0 heterocycles. The second-order valence-electron chi connectivity index (χ2n) is 7.13. The first-order valence-electron chi connectivity index (χ1n) is 9.06. The Morgan fingerprint density at radius 1 is 1.14 bits per heavy atom. The first-order chi connectivity index (χ1) is 13.3. The average molecular weight is 405 g/mol. The van der Waals surface area contributed by atoms with Crippen LogP contribution >= 0.6 is 0 Å². The summed E-state index contributed by atoms with van der Waals surface area (Å²) in [6.07, 6.45) is 2.03. The molecule has 0 atom stereocenters. The molecule has 8 heteroatoms. The van der Waals surface area contributed by atoms with Gasteiger partial charge in [-0.3, -0.25) is 9.69 Å². The zero-order chi connectivity index (χ0) is 20.3. The number of carbonyl (C=O) groups excluding carboxylic acids is 1. The number of halogens is 1. The lowest BCUT2D eigenvalue weighted by molar-refractivity contribution is -0.117. The Balaban J connectivity index is 1.67. The zero-order valence-electron chi connectivity index (χ0n) is 15.9. The summed E-state index contributed by atoms with van der Waals surface area (Å²) in [5.41, 5.74) is 1.24. The van der Waals surface area contributed by atoms with E-state index in [-0.39, 0.29) is 23.2 Å². The van der Waals surface area contributed by atoms with E-state index in [1.165, 1.54) is 38.4 Å². The van der Waals surface area contributed by atoms with Gasteiger partial charge in [0, 0.05) is 32.4 Å². The molecule has 1 amide bonds. The van der Waals surface area contributed by atoms with Crippen molar-refractivity contribution in [3.05, 3.63) is 59.9 Å². The predicted octanol–water partition coefficient (Wildman–Crippen LogP) is 2.68. The molecule has 0 bridgehead atoms. The van der Waals surface area contributed by atoms with Crippen LogP contribution in [0.1, 0.15) is 18.4 Å². The molecular formula is C20H24FN3O3S. The number of anilines is 1. The van der Waals surface area contributed by atoms with Gasteiger partial charge in [-0.1, -0.05) is 18.2 Å². The highest BCUT2D eigenvalue weighted by Crippen LogP contribution is 2.28. The Morgan fingerprint density at radius 2 is 1.86 bits per heavy atom. The third-order valence-electron chi connectivity index (χ3n) is 4.58. The van der Waals surface area contributed by atoms with Gasteiger partial charge in [-0.25, -0.2) is 17.1 Å². The SMILES string of the molecule is CN(C)S(=O)(=O)c1cccc(NC(=O)CN(Cc2cccc(F)c2)C2CC2)c1. The first kappa shape index (κ1) is 20.4. The Bertz CT molecular complexity index is 959. The van der Waals surface area contributed by atoms with E-state index in [1.807, 2.05) is 11.0 Å². The highest BCUT2D eigenvalue weighted by Gasteiger charge is 2.30. The minimum atomic E-state index is -3.57. The Kier molecular flexibility index (Phi) is 6.12. The van der Waals surface area contributed by atoms with Gasteiger partial charge < -0.3 is 5.32 Å². The third-order valence-corrected chi connectivity index (χ3v) is 6.39. The van der Waals surface area contributed by atoms with Crippen LogP contribution in [-0.2, 0) is 21.4 Å². The maximum Gasteiger partial charge on any atom is 0.242 e. The lowest BCUT2D eigenvalue weighted by Gasteiger charge is -2.21. The normalized spacial score (nSPS) is 14.5. The summed E-state index contributed by atoms with van der Waals surface area (Å²) in [4.78, 5) is 14.7. The van der Waals surface area contributed by atoms with Crippen LogP contribution in [0.25, 0.3) is 0 Å². The third kappa shape index (κ3) is 5.15. The van der Waals surface area contributed by atoms with Crippen LogP contribution in [0.4, 0.5) is 10.1 Å². The summed E-state index contributed by atoms with van der Waals surface area (Å²) in [5.74, 6) is -0.528. The number of hydrogen-bond acceptors (Lipinski definition) is 4. The maximum absolute atomic E-state index is 13.4. The molecule has 1 fully saturated rings. The molecule has 3 rings (SSSR count). The second kappa shape index (κ2) is 8.38. The smallest absolute Gasteiger partial charge is 0.242 e. The van der Waals surface area contributed by atoms with Crippen LogP contribution in [0.15, 0.2) is 53.4 Å². The Morgan fingerprint density at radius 3 is 2.50 bits per heavy atom. The van der Waals surface area contributed by atoms with Crippen LogP contribution in [-0.4, -0.2) is 50.2 Å². The van der Waals surface area contributed by atoms with Crippen molar-refractivity contribution in [3.8, 4) is 0 Å². The van der Waals surface area contributed by atoms with E-state index >= 15 is 0 Å². The quantitative estimate of drug-likeness (QED) is 0.733. The lowest BCUT2D eigenvalue weighted by Crippen LogP contribution is -2.34. The van der Waals surface area contributed by atoms with E-state index in [0.717, 1.165) is 22.7 Å². The lowest BCUT2D eigenvalue weighted by atomic mass is 10.2. The van der Waals surface area contributed by atoms with Crippen LogP contribution < -0.4 is 5.32 Å². The molecule has 0 saturated heterocycles. The Hall–Kier alpha value is -2.29. The molecule has 2 aromatic rings. The van der Waals surface area contributed by atoms with Gasteiger partial charge in [-0.15, -0.1) is 0 Å². The monoisotopic (exact) mass is 405 g/mol. The van der Waals surface area contributed by atoms with Crippen molar-refractivity contribution in [2.75, 3.05) is 26.0 Å². The molecule has 2 aromatic carbocycles. The summed E-state index contributed by atoms with van der Waals surface area (Å²) in [6, 6.07) is 12.9. The largest absolute Gasteiger partial charge is 0.325 e.